The molecule has 0 aliphatic carbocycles. The summed E-state index contributed by atoms with van der Waals surface area (Å²) in [5.41, 5.74) is 0.844. The second-order valence-corrected chi connectivity index (χ2v) is 9.10. The molecule has 1 N–H and O–H groups in total. The van der Waals surface area contributed by atoms with Crippen molar-refractivity contribution in [3.05, 3.63) is 71.8 Å². The Labute approximate surface area is 197 Å². The maximum Gasteiger partial charge on any atom is 0.343 e. The number of rotatable bonds is 8. The molecule has 0 aliphatic rings. The zero-order valence-corrected chi connectivity index (χ0v) is 19.8. The van der Waals surface area contributed by atoms with E-state index in [-0.39, 0.29) is 21.8 Å². The van der Waals surface area contributed by atoms with Gasteiger partial charge in [-0.15, -0.1) is 0 Å². The van der Waals surface area contributed by atoms with E-state index < -0.39 is 21.7 Å². The number of esters is 1. The molecule has 3 aromatic rings. The smallest absolute Gasteiger partial charge is 0.343 e. The van der Waals surface area contributed by atoms with Gasteiger partial charge in [-0.1, -0.05) is 6.07 Å². The van der Waals surface area contributed by atoms with Crippen LogP contribution in [0.15, 0.2) is 65.6 Å². The third kappa shape index (κ3) is 5.65. The molecule has 0 radical (unpaired) electrons. The van der Waals surface area contributed by atoms with E-state index in [1.54, 1.807) is 12.1 Å². The molecular formula is C24H23NO8S. The molecular weight excluding hydrogens is 462 g/mol. The van der Waals surface area contributed by atoms with Gasteiger partial charge >= 0.3 is 5.97 Å². The van der Waals surface area contributed by atoms with Gasteiger partial charge in [-0.3, -0.25) is 4.79 Å². The third-order valence-corrected chi connectivity index (χ3v) is 5.86. The lowest BCUT2D eigenvalue weighted by molar-refractivity contribution is 0.0734. The number of nitrogens with one attached hydrogen (secondary N) is 1. The van der Waals surface area contributed by atoms with Crippen molar-refractivity contribution in [2.45, 2.75) is 4.90 Å². The Hall–Kier alpha value is -4.05. The molecule has 0 aliphatic heterocycles. The first-order valence-electron chi connectivity index (χ1n) is 9.90. The van der Waals surface area contributed by atoms with E-state index in [2.05, 4.69) is 5.32 Å². The first kappa shape index (κ1) is 24.6. The van der Waals surface area contributed by atoms with E-state index in [4.69, 9.17) is 18.9 Å². The fraction of sp³-hybridized carbons (Fsp3) is 0.167. The minimum atomic E-state index is -3.46. The summed E-state index contributed by atoms with van der Waals surface area (Å²) in [7, 11) is 0.923. The highest BCUT2D eigenvalue weighted by molar-refractivity contribution is 7.90. The Morgan fingerprint density at radius 1 is 0.794 bits per heavy atom. The predicted molar refractivity (Wildman–Crippen MR) is 125 cm³/mol. The van der Waals surface area contributed by atoms with E-state index in [9.17, 15) is 18.0 Å². The van der Waals surface area contributed by atoms with Gasteiger partial charge in [0.1, 0.15) is 5.75 Å². The van der Waals surface area contributed by atoms with E-state index in [1.165, 1.54) is 69.9 Å². The van der Waals surface area contributed by atoms with Crippen molar-refractivity contribution in [1.29, 1.82) is 0 Å². The number of methoxy groups -OCH3 is 3. The summed E-state index contributed by atoms with van der Waals surface area (Å²) >= 11 is 0. The highest BCUT2D eigenvalue weighted by Crippen LogP contribution is 2.38. The summed E-state index contributed by atoms with van der Waals surface area (Å²) in [4.78, 5) is 25.1. The number of hydrogen-bond donors (Lipinski definition) is 1. The van der Waals surface area contributed by atoms with Crippen molar-refractivity contribution in [1.82, 2.24) is 0 Å². The lowest BCUT2D eigenvalue weighted by Gasteiger charge is -2.14. The summed E-state index contributed by atoms with van der Waals surface area (Å²) in [6, 6.07) is 14.8. The van der Waals surface area contributed by atoms with Crippen LogP contribution < -0.4 is 24.3 Å². The number of hydrogen-bond acceptors (Lipinski definition) is 8. The third-order valence-electron chi connectivity index (χ3n) is 4.75. The van der Waals surface area contributed by atoms with Crippen molar-refractivity contribution in [2.75, 3.05) is 32.9 Å². The SMILES string of the molecule is COc1cc(C(=O)Nc2ccc(OC(=O)c3cccc(S(C)(=O)=O)c3)cc2)cc(OC)c1OC. The Kier molecular flexibility index (Phi) is 7.42. The molecule has 3 aromatic carbocycles. The number of carbonyl (C=O) groups excluding carboxylic acids is 2. The summed E-state index contributed by atoms with van der Waals surface area (Å²) in [6.07, 6.45) is 1.06. The van der Waals surface area contributed by atoms with Gasteiger partial charge in [0.25, 0.3) is 5.91 Å². The highest BCUT2D eigenvalue weighted by atomic mass is 32.2. The van der Waals surface area contributed by atoms with Crippen molar-refractivity contribution in [2.24, 2.45) is 0 Å². The number of ether oxygens (including phenoxy) is 4. The highest BCUT2D eigenvalue weighted by Gasteiger charge is 2.18. The van der Waals surface area contributed by atoms with Crippen molar-refractivity contribution in [3.8, 4) is 23.0 Å². The molecule has 0 saturated heterocycles. The standard InChI is InChI=1S/C24H23NO8S/c1-30-20-13-16(14-21(31-2)22(20)32-3)23(26)25-17-8-10-18(11-9-17)33-24(27)15-6-5-7-19(12-15)34(4,28)29/h5-14H,1-4H3,(H,25,26). The first-order chi connectivity index (χ1) is 16.2. The summed E-state index contributed by atoms with van der Waals surface area (Å²) in [6.45, 7) is 0. The Morgan fingerprint density at radius 3 is 1.94 bits per heavy atom. The monoisotopic (exact) mass is 485 g/mol. The molecule has 0 atom stereocenters. The van der Waals surface area contributed by atoms with Crippen LogP contribution in [0.25, 0.3) is 0 Å². The summed E-state index contributed by atoms with van der Waals surface area (Å²) in [5, 5.41) is 2.74. The van der Waals surface area contributed by atoms with Crippen LogP contribution in [0.5, 0.6) is 23.0 Å². The number of carbonyl (C=O) groups is 2. The van der Waals surface area contributed by atoms with Gasteiger partial charge in [0.05, 0.1) is 31.8 Å². The maximum absolute atomic E-state index is 12.7. The maximum atomic E-state index is 12.7. The van der Waals surface area contributed by atoms with Gasteiger partial charge in [-0.2, -0.15) is 0 Å². The second-order valence-electron chi connectivity index (χ2n) is 7.08. The minimum absolute atomic E-state index is 0.0202. The molecule has 0 saturated carbocycles. The zero-order valence-electron chi connectivity index (χ0n) is 18.9. The number of amides is 1. The van der Waals surface area contributed by atoms with Crippen molar-refractivity contribution >= 4 is 27.4 Å². The lowest BCUT2D eigenvalue weighted by Crippen LogP contribution is -2.13. The van der Waals surface area contributed by atoms with Crippen LogP contribution in [0, 0.1) is 0 Å². The fourth-order valence-corrected chi connectivity index (χ4v) is 3.71. The molecule has 34 heavy (non-hydrogen) atoms. The molecule has 178 valence electrons. The zero-order chi connectivity index (χ0) is 24.9. The van der Waals surface area contributed by atoms with Crippen LogP contribution in [0.3, 0.4) is 0 Å². The van der Waals surface area contributed by atoms with Crippen molar-refractivity contribution in [3.63, 3.8) is 0 Å². The molecule has 1 amide bonds. The summed E-state index contributed by atoms with van der Waals surface area (Å²) in [5.74, 6) is 0.153. The van der Waals surface area contributed by atoms with Crippen LogP contribution in [0.1, 0.15) is 20.7 Å². The number of sulfone groups is 1. The van der Waals surface area contributed by atoms with Gasteiger partial charge in [-0.05, 0) is 54.6 Å². The van der Waals surface area contributed by atoms with Crippen LogP contribution in [-0.4, -0.2) is 47.9 Å². The van der Waals surface area contributed by atoms with Gasteiger partial charge in [0.15, 0.2) is 21.3 Å². The molecule has 0 aromatic heterocycles. The normalized spacial score (nSPS) is 10.8. The predicted octanol–water partition coefficient (Wildman–Crippen LogP) is 3.59. The average molecular weight is 486 g/mol. The van der Waals surface area contributed by atoms with Crippen LogP contribution in [0.4, 0.5) is 5.69 Å². The summed E-state index contributed by atoms with van der Waals surface area (Å²) < 4.78 is 44.5. The average Bonchev–Trinajstić information content (AvgIpc) is 2.83. The van der Waals surface area contributed by atoms with Crippen LogP contribution in [0.2, 0.25) is 0 Å². The van der Waals surface area contributed by atoms with Gasteiger partial charge in [0.2, 0.25) is 5.75 Å². The lowest BCUT2D eigenvalue weighted by atomic mass is 10.1. The van der Waals surface area contributed by atoms with E-state index in [1.807, 2.05) is 0 Å². The molecule has 3 rings (SSSR count). The topological polar surface area (TPSA) is 117 Å². The van der Waals surface area contributed by atoms with Gasteiger partial charge in [-0.25, -0.2) is 13.2 Å². The van der Waals surface area contributed by atoms with Crippen LogP contribution in [-0.2, 0) is 9.84 Å². The minimum Gasteiger partial charge on any atom is -0.493 e. The Bertz CT molecular complexity index is 1290. The fourth-order valence-electron chi connectivity index (χ4n) is 3.04. The van der Waals surface area contributed by atoms with E-state index >= 15 is 0 Å². The van der Waals surface area contributed by atoms with Crippen LogP contribution >= 0.6 is 0 Å². The molecule has 10 heteroatoms. The molecule has 9 nitrogen and oxygen atoms in total. The van der Waals surface area contributed by atoms with E-state index in [0.29, 0.717) is 22.9 Å². The van der Waals surface area contributed by atoms with Gasteiger partial charge in [0, 0.05) is 17.5 Å². The first-order valence-corrected chi connectivity index (χ1v) is 11.8. The Morgan fingerprint density at radius 2 is 1.41 bits per heavy atom. The van der Waals surface area contributed by atoms with Gasteiger partial charge < -0.3 is 24.3 Å². The molecule has 0 unspecified atom stereocenters. The Balaban J connectivity index is 1.72. The molecule has 0 fully saturated rings. The van der Waals surface area contributed by atoms with Crippen molar-refractivity contribution < 1.29 is 37.0 Å². The second kappa shape index (κ2) is 10.3. The largest absolute Gasteiger partial charge is 0.493 e. The molecule has 0 spiro atoms. The number of benzene rings is 3. The number of anilines is 1. The van der Waals surface area contributed by atoms with E-state index in [0.717, 1.165) is 6.26 Å². The molecule has 0 bridgehead atoms. The quantitative estimate of drug-likeness (QED) is 0.380. The molecule has 0 heterocycles.